The van der Waals surface area contributed by atoms with Crippen LogP contribution in [0.4, 0.5) is 5.82 Å². The van der Waals surface area contributed by atoms with Crippen molar-refractivity contribution in [1.82, 2.24) is 9.97 Å². The second kappa shape index (κ2) is 6.19. The molecule has 1 amide bonds. The van der Waals surface area contributed by atoms with Gasteiger partial charge in [0.05, 0.1) is 11.8 Å². The van der Waals surface area contributed by atoms with Crippen LogP contribution in [0.3, 0.4) is 0 Å². The molecule has 1 aromatic heterocycles. The number of carbonyl (C=O) groups excluding carboxylic acids is 1. The normalized spacial score (nSPS) is 21.5. The van der Waals surface area contributed by atoms with Crippen LogP contribution in [0.2, 0.25) is 10.2 Å². The fourth-order valence-electron chi connectivity index (χ4n) is 2.02. The lowest BCUT2D eigenvalue weighted by Crippen LogP contribution is -2.35. The smallest absolute Gasteiger partial charge is 0.307 e. The summed E-state index contributed by atoms with van der Waals surface area (Å²) in [5, 5.41) is 11.7. The molecule has 20 heavy (non-hydrogen) atoms. The summed E-state index contributed by atoms with van der Waals surface area (Å²) in [5.74, 6) is -2.78. The molecule has 0 aliphatic heterocycles. The summed E-state index contributed by atoms with van der Waals surface area (Å²) in [6, 6.07) is 0. The average Bonchev–Trinajstić information content (AvgIpc) is 2.43. The molecule has 2 N–H and O–H groups in total. The molecular formula is C12H11Cl2N3O3. The van der Waals surface area contributed by atoms with Gasteiger partial charge in [-0.05, 0) is 12.8 Å². The summed E-state index contributed by atoms with van der Waals surface area (Å²) in [7, 11) is 0. The lowest BCUT2D eigenvalue weighted by molar-refractivity contribution is -0.146. The molecule has 2 atom stereocenters. The molecule has 8 heteroatoms. The van der Waals surface area contributed by atoms with E-state index in [-0.39, 0.29) is 16.0 Å². The third-order valence-electron chi connectivity index (χ3n) is 3.07. The molecule has 6 nitrogen and oxygen atoms in total. The van der Waals surface area contributed by atoms with E-state index in [4.69, 9.17) is 28.3 Å². The molecule has 0 radical (unpaired) electrons. The van der Waals surface area contributed by atoms with Crippen molar-refractivity contribution < 1.29 is 14.7 Å². The third kappa shape index (κ3) is 3.08. The quantitative estimate of drug-likeness (QED) is 0.660. The van der Waals surface area contributed by atoms with Crippen molar-refractivity contribution >= 4 is 40.9 Å². The van der Waals surface area contributed by atoms with Crippen LogP contribution in [0.25, 0.3) is 0 Å². The van der Waals surface area contributed by atoms with E-state index in [1.54, 1.807) is 12.2 Å². The summed E-state index contributed by atoms with van der Waals surface area (Å²) in [5.41, 5.74) is 0. The number of amides is 1. The van der Waals surface area contributed by atoms with Crippen molar-refractivity contribution in [2.75, 3.05) is 5.32 Å². The molecule has 0 bridgehead atoms. The largest absolute Gasteiger partial charge is 0.481 e. The molecule has 1 aromatic rings. The minimum atomic E-state index is -0.999. The maximum absolute atomic E-state index is 12.2. The van der Waals surface area contributed by atoms with Gasteiger partial charge >= 0.3 is 5.97 Å². The Bertz CT molecular complexity index is 577. The molecule has 106 valence electrons. The summed E-state index contributed by atoms with van der Waals surface area (Å²) >= 11 is 11.6. The highest BCUT2D eigenvalue weighted by molar-refractivity contribution is 6.42. The minimum Gasteiger partial charge on any atom is -0.481 e. The Morgan fingerprint density at radius 2 is 1.85 bits per heavy atom. The maximum atomic E-state index is 12.2. The zero-order valence-electron chi connectivity index (χ0n) is 10.2. The molecule has 0 saturated carbocycles. The van der Waals surface area contributed by atoms with Crippen molar-refractivity contribution in [2.45, 2.75) is 12.8 Å². The van der Waals surface area contributed by atoms with Gasteiger partial charge in [0.1, 0.15) is 11.3 Å². The molecule has 0 unspecified atom stereocenters. The predicted molar refractivity (Wildman–Crippen MR) is 73.7 cm³/mol. The van der Waals surface area contributed by atoms with Crippen LogP contribution in [0.5, 0.6) is 0 Å². The summed E-state index contributed by atoms with van der Waals surface area (Å²) < 4.78 is 0. The first-order chi connectivity index (χ1) is 9.50. The molecule has 1 aliphatic rings. The second-order valence-electron chi connectivity index (χ2n) is 4.31. The standard InChI is InChI=1S/C12H11Cl2N3O3/c13-8-9(14)15-5-16-10(8)17-11(18)6-3-1-2-4-7(6)12(19)20/h1-2,5-7H,3-4H2,(H,19,20)(H,15,16,17,18)/t6-,7+/m1/s1. The number of aromatic nitrogens is 2. The number of carboxylic acids is 1. The Hall–Kier alpha value is -1.66. The number of allylic oxidation sites excluding steroid dienone is 2. The molecule has 1 heterocycles. The van der Waals surface area contributed by atoms with E-state index in [1.807, 2.05) is 0 Å². The first-order valence-corrected chi connectivity index (χ1v) is 6.61. The van der Waals surface area contributed by atoms with E-state index >= 15 is 0 Å². The summed E-state index contributed by atoms with van der Waals surface area (Å²) in [6.45, 7) is 0. The van der Waals surface area contributed by atoms with E-state index < -0.39 is 23.7 Å². The van der Waals surface area contributed by atoms with E-state index in [0.29, 0.717) is 12.8 Å². The third-order valence-corrected chi connectivity index (χ3v) is 3.82. The van der Waals surface area contributed by atoms with Gasteiger partial charge in [0.15, 0.2) is 11.0 Å². The van der Waals surface area contributed by atoms with Gasteiger partial charge in [0.2, 0.25) is 5.91 Å². The minimum absolute atomic E-state index is 0.0234. The van der Waals surface area contributed by atoms with E-state index in [0.717, 1.165) is 0 Å². The zero-order valence-corrected chi connectivity index (χ0v) is 11.7. The topological polar surface area (TPSA) is 92.2 Å². The number of rotatable bonds is 3. The van der Waals surface area contributed by atoms with Crippen molar-refractivity contribution in [3.05, 3.63) is 28.7 Å². The van der Waals surface area contributed by atoms with Crippen LogP contribution in [-0.4, -0.2) is 27.0 Å². The number of aliphatic carboxylic acids is 1. The monoisotopic (exact) mass is 315 g/mol. The van der Waals surface area contributed by atoms with Gasteiger partial charge in [0, 0.05) is 0 Å². The lowest BCUT2D eigenvalue weighted by Gasteiger charge is -2.24. The Morgan fingerprint density at radius 3 is 2.50 bits per heavy atom. The van der Waals surface area contributed by atoms with Crippen LogP contribution in [-0.2, 0) is 9.59 Å². The predicted octanol–water partition coefficient (Wildman–Crippen LogP) is 2.39. The van der Waals surface area contributed by atoms with Crippen molar-refractivity contribution in [1.29, 1.82) is 0 Å². The zero-order chi connectivity index (χ0) is 14.7. The highest BCUT2D eigenvalue weighted by Gasteiger charge is 2.34. The van der Waals surface area contributed by atoms with Crippen LogP contribution >= 0.6 is 23.2 Å². The highest BCUT2D eigenvalue weighted by atomic mass is 35.5. The van der Waals surface area contributed by atoms with Crippen LogP contribution in [0, 0.1) is 11.8 Å². The number of halogens is 2. The Kier molecular flexibility index (Phi) is 4.57. The SMILES string of the molecule is O=C(O)[C@H]1CC=CC[C@H]1C(=O)Nc1ncnc(Cl)c1Cl. The van der Waals surface area contributed by atoms with Crippen LogP contribution < -0.4 is 5.32 Å². The number of anilines is 1. The first kappa shape index (κ1) is 14.7. The fourth-order valence-corrected chi connectivity index (χ4v) is 2.30. The van der Waals surface area contributed by atoms with Gasteiger partial charge in [-0.25, -0.2) is 9.97 Å². The molecule has 2 rings (SSSR count). The van der Waals surface area contributed by atoms with Gasteiger partial charge in [-0.15, -0.1) is 0 Å². The van der Waals surface area contributed by atoms with Crippen molar-refractivity contribution in [3.63, 3.8) is 0 Å². The number of hydrogen-bond acceptors (Lipinski definition) is 4. The number of hydrogen-bond donors (Lipinski definition) is 2. The van der Waals surface area contributed by atoms with Gasteiger partial charge in [0.25, 0.3) is 0 Å². The van der Waals surface area contributed by atoms with Gasteiger partial charge in [-0.2, -0.15) is 0 Å². The Balaban J connectivity index is 2.17. The van der Waals surface area contributed by atoms with Crippen molar-refractivity contribution in [2.24, 2.45) is 11.8 Å². The van der Waals surface area contributed by atoms with E-state index in [2.05, 4.69) is 15.3 Å². The molecular weight excluding hydrogens is 305 g/mol. The van der Waals surface area contributed by atoms with Gasteiger partial charge in [-0.1, -0.05) is 35.4 Å². The van der Waals surface area contributed by atoms with E-state index in [1.165, 1.54) is 6.33 Å². The van der Waals surface area contributed by atoms with E-state index in [9.17, 15) is 9.59 Å². The molecule has 0 aromatic carbocycles. The van der Waals surface area contributed by atoms with Gasteiger partial charge < -0.3 is 10.4 Å². The summed E-state index contributed by atoms with van der Waals surface area (Å²) in [6.07, 6.45) is 5.40. The Morgan fingerprint density at radius 1 is 1.20 bits per heavy atom. The lowest BCUT2D eigenvalue weighted by atomic mass is 9.82. The Labute approximate surface area is 124 Å². The van der Waals surface area contributed by atoms with Gasteiger partial charge in [-0.3, -0.25) is 9.59 Å². The second-order valence-corrected chi connectivity index (χ2v) is 5.05. The maximum Gasteiger partial charge on any atom is 0.307 e. The van der Waals surface area contributed by atoms with Crippen LogP contribution in [0.15, 0.2) is 18.5 Å². The number of nitrogens with one attached hydrogen (secondary N) is 1. The number of carbonyl (C=O) groups is 2. The summed E-state index contributed by atoms with van der Waals surface area (Å²) in [4.78, 5) is 30.8. The average molecular weight is 316 g/mol. The van der Waals surface area contributed by atoms with Crippen molar-refractivity contribution in [3.8, 4) is 0 Å². The first-order valence-electron chi connectivity index (χ1n) is 5.85. The van der Waals surface area contributed by atoms with Crippen LogP contribution in [0.1, 0.15) is 12.8 Å². The molecule has 0 fully saturated rings. The highest BCUT2D eigenvalue weighted by Crippen LogP contribution is 2.29. The molecule has 0 saturated heterocycles. The molecule has 1 aliphatic carbocycles. The molecule has 0 spiro atoms. The fraction of sp³-hybridized carbons (Fsp3) is 0.333. The number of nitrogens with zero attached hydrogens (tertiary/aromatic N) is 2. The number of carboxylic acid groups (broad SMARTS) is 1.